The molecule has 1 aromatic heterocycles. The van der Waals surface area contributed by atoms with Gasteiger partial charge in [0.2, 0.25) is 0 Å². The molecule has 2 rings (SSSR count). The average molecular weight is 255 g/mol. The second-order valence-corrected chi connectivity index (χ2v) is 4.58. The quantitative estimate of drug-likeness (QED) is 0.825. The molecule has 0 saturated carbocycles. The monoisotopic (exact) mass is 255 g/mol. The van der Waals surface area contributed by atoms with Gasteiger partial charge in [0.1, 0.15) is 17.5 Å². The number of benzene rings is 1. The maximum atomic E-state index is 9.18. The Balaban J connectivity index is 2.29. The molecule has 0 saturated heterocycles. The van der Waals surface area contributed by atoms with Crippen LogP contribution in [0.5, 0.6) is 0 Å². The molecule has 19 heavy (non-hydrogen) atoms. The van der Waals surface area contributed by atoms with Crippen LogP contribution >= 0.6 is 0 Å². The van der Waals surface area contributed by atoms with Crippen molar-refractivity contribution in [1.82, 2.24) is 9.78 Å². The Morgan fingerprint density at radius 2 is 2.21 bits per heavy atom. The number of nitrogens with two attached hydrogens (primary N) is 1. The molecular formula is C14H17N5. The van der Waals surface area contributed by atoms with Crippen molar-refractivity contribution in [1.29, 1.82) is 5.26 Å². The summed E-state index contributed by atoms with van der Waals surface area (Å²) in [5.41, 5.74) is 8.89. The summed E-state index contributed by atoms with van der Waals surface area (Å²) in [5, 5.41) is 16.7. The lowest BCUT2D eigenvalue weighted by molar-refractivity contribution is 0.742. The van der Waals surface area contributed by atoms with Crippen molar-refractivity contribution in [3.63, 3.8) is 0 Å². The van der Waals surface area contributed by atoms with Crippen LogP contribution in [0.15, 0.2) is 24.3 Å². The van der Waals surface area contributed by atoms with Crippen LogP contribution < -0.4 is 11.1 Å². The summed E-state index contributed by atoms with van der Waals surface area (Å²) in [4.78, 5) is 0. The number of rotatable bonds is 3. The van der Waals surface area contributed by atoms with Crippen LogP contribution in [0.3, 0.4) is 0 Å². The minimum absolute atomic E-state index is 0.0467. The Bertz CT molecular complexity index is 636. The Morgan fingerprint density at radius 1 is 1.47 bits per heavy atom. The number of nitrogens with one attached hydrogen (secondary N) is 1. The molecule has 0 aliphatic carbocycles. The second kappa shape index (κ2) is 5.02. The molecule has 5 nitrogen and oxygen atoms in total. The smallest absolute Gasteiger partial charge is 0.142 e. The number of nitriles is 1. The maximum Gasteiger partial charge on any atom is 0.142 e. The van der Waals surface area contributed by atoms with E-state index in [4.69, 9.17) is 5.73 Å². The second-order valence-electron chi connectivity index (χ2n) is 4.58. The van der Waals surface area contributed by atoms with E-state index >= 15 is 0 Å². The van der Waals surface area contributed by atoms with Crippen molar-refractivity contribution < 1.29 is 0 Å². The van der Waals surface area contributed by atoms with Crippen LogP contribution in [-0.4, -0.2) is 9.78 Å². The zero-order valence-corrected chi connectivity index (χ0v) is 11.3. The van der Waals surface area contributed by atoms with Crippen LogP contribution in [0, 0.1) is 18.3 Å². The van der Waals surface area contributed by atoms with Crippen LogP contribution in [0.2, 0.25) is 0 Å². The van der Waals surface area contributed by atoms with Gasteiger partial charge in [-0.3, -0.25) is 4.68 Å². The van der Waals surface area contributed by atoms with Crippen LogP contribution in [0.1, 0.15) is 29.8 Å². The highest BCUT2D eigenvalue weighted by atomic mass is 15.3. The fraction of sp³-hybridized carbons (Fsp3) is 0.286. The first kappa shape index (κ1) is 13.0. The molecule has 1 atom stereocenters. The highest BCUT2D eigenvalue weighted by molar-refractivity contribution is 5.56. The highest BCUT2D eigenvalue weighted by Crippen LogP contribution is 2.24. The first-order valence-electron chi connectivity index (χ1n) is 6.08. The van der Waals surface area contributed by atoms with Crippen LogP contribution in [0.4, 0.5) is 11.5 Å². The lowest BCUT2D eigenvalue weighted by Gasteiger charge is -2.16. The summed E-state index contributed by atoms with van der Waals surface area (Å²) < 4.78 is 1.69. The molecule has 0 bridgehead atoms. The van der Waals surface area contributed by atoms with E-state index in [0.29, 0.717) is 5.56 Å². The van der Waals surface area contributed by atoms with Crippen molar-refractivity contribution in [2.45, 2.75) is 19.9 Å². The van der Waals surface area contributed by atoms with Gasteiger partial charge in [0.25, 0.3) is 0 Å². The normalized spacial score (nSPS) is 11.9. The van der Waals surface area contributed by atoms with Crippen molar-refractivity contribution in [3.8, 4) is 6.07 Å². The summed E-state index contributed by atoms with van der Waals surface area (Å²) in [5.74, 6) is 0.731. The summed E-state index contributed by atoms with van der Waals surface area (Å²) >= 11 is 0. The molecule has 98 valence electrons. The number of nitrogen functional groups attached to an aromatic ring is 1. The van der Waals surface area contributed by atoms with Crippen molar-refractivity contribution >= 4 is 11.5 Å². The zero-order valence-electron chi connectivity index (χ0n) is 11.3. The maximum absolute atomic E-state index is 9.18. The van der Waals surface area contributed by atoms with Gasteiger partial charge in [0, 0.05) is 12.7 Å². The zero-order chi connectivity index (χ0) is 14.0. The third-order valence-electron chi connectivity index (χ3n) is 3.10. The van der Waals surface area contributed by atoms with E-state index in [9.17, 15) is 5.26 Å². The third kappa shape index (κ3) is 2.52. The Kier molecular flexibility index (Phi) is 3.43. The summed E-state index contributed by atoms with van der Waals surface area (Å²) in [6.07, 6.45) is 0. The number of aromatic nitrogens is 2. The molecule has 1 unspecified atom stereocenters. The molecule has 0 aliphatic heterocycles. The fourth-order valence-electron chi connectivity index (χ4n) is 2.07. The summed E-state index contributed by atoms with van der Waals surface area (Å²) in [7, 11) is 1.82. The van der Waals surface area contributed by atoms with Gasteiger partial charge in [-0.1, -0.05) is 12.1 Å². The Labute approximate surface area is 112 Å². The van der Waals surface area contributed by atoms with E-state index < -0.39 is 0 Å². The average Bonchev–Trinajstić information content (AvgIpc) is 2.63. The Hall–Kier alpha value is -2.48. The standard InChI is InChI=1S/C14H17N5/c1-9(11-5-4-6-12(16)7-11)17-14-13(8-15)10(2)18-19(14)3/h4-7,9,17H,16H2,1-3H3. The fourth-order valence-corrected chi connectivity index (χ4v) is 2.07. The van der Waals surface area contributed by atoms with E-state index in [1.165, 1.54) is 0 Å². The van der Waals surface area contributed by atoms with Crippen LogP contribution in [0.25, 0.3) is 0 Å². The first-order chi connectivity index (χ1) is 9.02. The van der Waals surface area contributed by atoms with E-state index in [1.807, 2.05) is 45.2 Å². The number of aryl methyl sites for hydroxylation is 2. The van der Waals surface area contributed by atoms with Gasteiger partial charge in [-0.15, -0.1) is 0 Å². The van der Waals surface area contributed by atoms with E-state index in [1.54, 1.807) is 4.68 Å². The number of anilines is 2. The SMILES string of the molecule is Cc1nn(C)c(NC(C)c2cccc(N)c2)c1C#N. The molecular weight excluding hydrogens is 238 g/mol. The topological polar surface area (TPSA) is 79.7 Å². The predicted molar refractivity (Wildman–Crippen MR) is 75.6 cm³/mol. The van der Waals surface area contributed by atoms with Gasteiger partial charge >= 0.3 is 0 Å². The number of hydrogen-bond donors (Lipinski definition) is 2. The van der Waals surface area contributed by atoms with E-state index in [-0.39, 0.29) is 6.04 Å². The predicted octanol–water partition coefficient (Wildman–Crippen LogP) is 2.36. The minimum Gasteiger partial charge on any atom is -0.399 e. The van der Waals surface area contributed by atoms with Gasteiger partial charge < -0.3 is 11.1 Å². The molecule has 0 spiro atoms. The molecule has 0 radical (unpaired) electrons. The highest BCUT2D eigenvalue weighted by Gasteiger charge is 2.15. The molecule has 3 N–H and O–H groups in total. The summed E-state index contributed by atoms with van der Waals surface area (Å²) in [6, 6.07) is 9.93. The van der Waals surface area contributed by atoms with Crippen molar-refractivity contribution in [2.24, 2.45) is 7.05 Å². The molecule has 0 fully saturated rings. The minimum atomic E-state index is 0.0467. The van der Waals surface area contributed by atoms with Gasteiger partial charge in [0.15, 0.2) is 0 Å². The van der Waals surface area contributed by atoms with Crippen molar-refractivity contribution in [2.75, 3.05) is 11.1 Å². The molecule has 5 heteroatoms. The Morgan fingerprint density at radius 3 is 2.84 bits per heavy atom. The third-order valence-corrected chi connectivity index (χ3v) is 3.10. The first-order valence-corrected chi connectivity index (χ1v) is 6.08. The van der Waals surface area contributed by atoms with Gasteiger partial charge in [-0.2, -0.15) is 10.4 Å². The number of hydrogen-bond acceptors (Lipinski definition) is 4. The number of nitrogens with zero attached hydrogens (tertiary/aromatic N) is 3. The lowest BCUT2D eigenvalue weighted by atomic mass is 10.1. The molecule has 2 aromatic rings. The summed E-state index contributed by atoms with van der Waals surface area (Å²) in [6.45, 7) is 3.85. The molecule has 0 amide bonds. The van der Waals surface area contributed by atoms with Gasteiger partial charge in [-0.05, 0) is 31.5 Å². The van der Waals surface area contributed by atoms with Crippen molar-refractivity contribution in [3.05, 3.63) is 41.1 Å². The van der Waals surface area contributed by atoms with Crippen LogP contribution in [-0.2, 0) is 7.05 Å². The van der Waals surface area contributed by atoms with Gasteiger partial charge in [-0.25, -0.2) is 0 Å². The van der Waals surface area contributed by atoms with E-state index in [0.717, 1.165) is 22.8 Å². The molecule has 1 aromatic carbocycles. The van der Waals surface area contributed by atoms with Gasteiger partial charge in [0.05, 0.1) is 11.7 Å². The largest absolute Gasteiger partial charge is 0.399 e. The van der Waals surface area contributed by atoms with E-state index in [2.05, 4.69) is 16.5 Å². The molecule has 0 aliphatic rings. The molecule has 1 heterocycles. The lowest BCUT2D eigenvalue weighted by Crippen LogP contribution is -2.11.